The number of carboxylic acids is 1. The molecule has 0 bridgehead atoms. The van der Waals surface area contributed by atoms with Gasteiger partial charge in [0.05, 0.1) is 11.8 Å². The number of unbranched alkanes of at least 4 members (excludes halogenated alkanes) is 5. The number of hydrogen-bond donors (Lipinski definition) is 1. The summed E-state index contributed by atoms with van der Waals surface area (Å²) in [6.07, 6.45) is 14.2. The molecule has 4 heteroatoms. The largest absolute Gasteiger partial charge is 0.481 e. The van der Waals surface area contributed by atoms with Crippen molar-refractivity contribution in [3.05, 3.63) is 0 Å². The Morgan fingerprint density at radius 1 is 0.852 bits per heavy atom. The fraction of sp³-hybridized carbons (Fsp3) is 0.913. The Bertz CT molecular complexity index is 411. The molecule has 1 rings (SSSR count). The zero-order chi connectivity index (χ0) is 20.1. The summed E-state index contributed by atoms with van der Waals surface area (Å²) in [4.78, 5) is 23.7. The van der Waals surface area contributed by atoms with Crippen LogP contribution in [0, 0.1) is 17.8 Å². The predicted octanol–water partition coefficient (Wildman–Crippen LogP) is 6.37. The Balaban J connectivity index is 2.39. The maximum Gasteiger partial charge on any atom is 0.309 e. The van der Waals surface area contributed by atoms with Gasteiger partial charge in [0.15, 0.2) is 0 Å². The fourth-order valence-corrected chi connectivity index (χ4v) is 4.00. The van der Waals surface area contributed by atoms with Crippen molar-refractivity contribution in [2.45, 2.75) is 117 Å². The Kier molecular flexibility index (Phi) is 12.4. The lowest BCUT2D eigenvalue weighted by molar-refractivity contribution is -0.158. The topological polar surface area (TPSA) is 63.6 Å². The summed E-state index contributed by atoms with van der Waals surface area (Å²) in [5.74, 6) is -0.424. The van der Waals surface area contributed by atoms with E-state index in [4.69, 9.17) is 9.84 Å². The van der Waals surface area contributed by atoms with Gasteiger partial charge in [-0.2, -0.15) is 0 Å². The number of rotatable bonds is 14. The maximum atomic E-state index is 12.6. The van der Waals surface area contributed by atoms with Gasteiger partial charge in [-0.1, -0.05) is 59.3 Å². The van der Waals surface area contributed by atoms with E-state index >= 15 is 0 Å². The molecule has 1 atom stereocenters. The molecule has 1 aliphatic rings. The van der Waals surface area contributed by atoms with Crippen molar-refractivity contribution < 1.29 is 19.4 Å². The molecule has 27 heavy (non-hydrogen) atoms. The van der Waals surface area contributed by atoms with E-state index < -0.39 is 5.97 Å². The molecule has 0 aromatic heterocycles. The molecule has 1 aliphatic carbocycles. The smallest absolute Gasteiger partial charge is 0.309 e. The second-order valence-electron chi connectivity index (χ2n) is 8.83. The third-order valence-electron chi connectivity index (χ3n) is 5.88. The Morgan fingerprint density at radius 2 is 1.37 bits per heavy atom. The van der Waals surface area contributed by atoms with E-state index in [2.05, 4.69) is 20.8 Å². The van der Waals surface area contributed by atoms with Gasteiger partial charge in [0, 0.05) is 0 Å². The molecule has 0 heterocycles. The average Bonchev–Trinajstić information content (AvgIpc) is 2.64. The van der Waals surface area contributed by atoms with Gasteiger partial charge in [-0.15, -0.1) is 0 Å². The summed E-state index contributed by atoms with van der Waals surface area (Å²) in [6.45, 7) is 6.73. The summed E-state index contributed by atoms with van der Waals surface area (Å²) >= 11 is 0. The van der Waals surface area contributed by atoms with E-state index in [-0.39, 0.29) is 23.9 Å². The lowest BCUT2D eigenvalue weighted by atomic mass is 9.82. The zero-order valence-corrected chi connectivity index (χ0v) is 17.9. The molecular weight excluding hydrogens is 340 g/mol. The molecule has 0 aliphatic heterocycles. The number of hydrogen-bond acceptors (Lipinski definition) is 3. The molecule has 158 valence electrons. The van der Waals surface area contributed by atoms with Crippen molar-refractivity contribution in [3.63, 3.8) is 0 Å². The molecule has 0 radical (unpaired) electrons. The standard InChI is InChI=1S/C23H42O4/c1-4-5-6-9-12-21(13-10-7-8-11-18(2)3)27-23(26)20-16-14-19(15-17-20)22(24)25/h18-21H,4-17H2,1-3H3,(H,24,25). The predicted molar refractivity (Wildman–Crippen MR) is 110 cm³/mol. The highest BCUT2D eigenvalue weighted by Crippen LogP contribution is 2.30. The summed E-state index contributed by atoms with van der Waals surface area (Å²) < 4.78 is 5.91. The lowest BCUT2D eigenvalue weighted by Gasteiger charge is -2.27. The van der Waals surface area contributed by atoms with Crippen molar-refractivity contribution in [2.75, 3.05) is 0 Å². The molecular formula is C23H42O4. The summed E-state index contributed by atoms with van der Waals surface area (Å²) in [6, 6.07) is 0. The van der Waals surface area contributed by atoms with Gasteiger partial charge in [0.2, 0.25) is 0 Å². The Labute approximate surface area is 166 Å². The minimum absolute atomic E-state index is 0.0469. The molecule has 0 aromatic rings. The molecule has 4 nitrogen and oxygen atoms in total. The number of esters is 1. The second-order valence-corrected chi connectivity index (χ2v) is 8.83. The van der Waals surface area contributed by atoms with E-state index in [1.165, 1.54) is 38.5 Å². The molecule has 0 spiro atoms. The highest BCUT2D eigenvalue weighted by atomic mass is 16.5. The van der Waals surface area contributed by atoms with Gasteiger partial charge >= 0.3 is 11.9 Å². The minimum Gasteiger partial charge on any atom is -0.481 e. The molecule has 0 saturated heterocycles. The van der Waals surface area contributed by atoms with Crippen LogP contribution in [-0.4, -0.2) is 23.1 Å². The second kappa shape index (κ2) is 14.0. The van der Waals surface area contributed by atoms with Crippen LogP contribution in [0.1, 0.15) is 111 Å². The van der Waals surface area contributed by atoms with Gasteiger partial charge in [-0.25, -0.2) is 0 Å². The Morgan fingerprint density at radius 3 is 1.89 bits per heavy atom. The van der Waals surface area contributed by atoms with E-state index in [1.807, 2.05) is 0 Å². The highest BCUT2D eigenvalue weighted by molar-refractivity contribution is 5.74. The van der Waals surface area contributed by atoms with Crippen molar-refractivity contribution in [2.24, 2.45) is 17.8 Å². The molecule has 1 saturated carbocycles. The molecule has 1 unspecified atom stereocenters. The summed E-state index contributed by atoms with van der Waals surface area (Å²) in [5.41, 5.74) is 0. The summed E-state index contributed by atoms with van der Waals surface area (Å²) in [5, 5.41) is 9.11. The zero-order valence-electron chi connectivity index (χ0n) is 17.9. The lowest BCUT2D eigenvalue weighted by Crippen LogP contribution is -2.29. The van der Waals surface area contributed by atoms with Gasteiger partial charge < -0.3 is 9.84 Å². The van der Waals surface area contributed by atoms with Crippen LogP contribution in [-0.2, 0) is 14.3 Å². The molecule has 0 aromatic carbocycles. The van der Waals surface area contributed by atoms with Gasteiger partial charge in [-0.3, -0.25) is 9.59 Å². The van der Waals surface area contributed by atoms with Gasteiger partial charge in [0.25, 0.3) is 0 Å². The Hall–Kier alpha value is -1.06. The van der Waals surface area contributed by atoms with Crippen LogP contribution < -0.4 is 0 Å². The number of ether oxygens (including phenoxy) is 1. The normalized spacial score (nSPS) is 21.2. The molecule has 1 N–H and O–H groups in total. The molecule has 1 fully saturated rings. The SMILES string of the molecule is CCCCCCC(CCCCCC(C)C)OC(=O)C1CCC(C(=O)O)CC1. The van der Waals surface area contributed by atoms with Crippen molar-refractivity contribution in [3.8, 4) is 0 Å². The number of carbonyl (C=O) groups excluding carboxylic acids is 1. The first-order chi connectivity index (χ1) is 12.9. The fourth-order valence-electron chi connectivity index (χ4n) is 4.00. The van der Waals surface area contributed by atoms with Crippen LogP contribution >= 0.6 is 0 Å². The van der Waals surface area contributed by atoms with Crippen molar-refractivity contribution in [1.29, 1.82) is 0 Å². The molecule has 0 amide bonds. The monoisotopic (exact) mass is 382 g/mol. The van der Waals surface area contributed by atoms with Crippen molar-refractivity contribution >= 4 is 11.9 Å². The van der Waals surface area contributed by atoms with Crippen LogP contribution in [0.3, 0.4) is 0 Å². The number of aliphatic carboxylic acids is 1. The summed E-state index contributed by atoms with van der Waals surface area (Å²) in [7, 11) is 0. The van der Waals surface area contributed by atoms with Gasteiger partial charge in [-0.05, 0) is 57.3 Å². The van der Waals surface area contributed by atoms with E-state index in [1.54, 1.807) is 0 Å². The van der Waals surface area contributed by atoms with Crippen LogP contribution in [0.15, 0.2) is 0 Å². The van der Waals surface area contributed by atoms with E-state index in [9.17, 15) is 9.59 Å². The van der Waals surface area contributed by atoms with Crippen LogP contribution in [0.5, 0.6) is 0 Å². The van der Waals surface area contributed by atoms with Crippen LogP contribution in [0.2, 0.25) is 0 Å². The first-order valence-electron chi connectivity index (χ1n) is 11.4. The quantitative estimate of drug-likeness (QED) is 0.280. The van der Waals surface area contributed by atoms with Crippen molar-refractivity contribution in [1.82, 2.24) is 0 Å². The third-order valence-corrected chi connectivity index (χ3v) is 5.88. The van der Waals surface area contributed by atoms with Crippen LogP contribution in [0.25, 0.3) is 0 Å². The first-order valence-corrected chi connectivity index (χ1v) is 11.4. The average molecular weight is 383 g/mol. The third kappa shape index (κ3) is 10.8. The van der Waals surface area contributed by atoms with E-state index in [0.717, 1.165) is 31.6 Å². The van der Waals surface area contributed by atoms with E-state index in [0.29, 0.717) is 25.7 Å². The number of carboxylic acid groups (broad SMARTS) is 1. The van der Waals surface area contributed by atoms with Gasteiger partial charge in [0.1, 0.15) is 6.10 Å². The highest BCUT2D eigenvalue weighted by Gasteiger charge is 2.31. The maximum absolute atomic E-state index is 12.6. The number of carbonyl (C=O) groups is 2. The minimum atomic E-state index is -0.725. The first kappa shape index (κ1) is 24.0. The van der Waals surface area contributed by atoms with Crippen LogP contribution in [0.4, 0.5) is 0 Å².